The van der Waals surface area contributed by atoms with E-state index in [1.807, 2.05) is 72.0 Å². The van der Waals surface area contributed by atoms with Gasteiger partial charge in [0.25, 0.3) is 0 Å². The molecule has 0 bridgehead atoms. The second kappa shape index (κ2) is 4.35. The maximum atomic E-state index is 10.4. The first-order chi connectivity index (χ1) is 10.3. The fourth-order valence-electron chi connectivity index (χ4n) is 2.78. The van der Waals surface area contributed by atoms with E-state index in [4.69, 9.17) is 4.98 Å². The number of hydrogen-bond acceptors (Lipinski definition) is 2. The van der Waals surface area contributed by atoms with E-state index in [9.17, 15) is 5.11 Å². The van der Waals surface area contributed by atoms with Crippen molar-refractivity contribution in [1.29, 1.82) is 0 Å². The van der Waals surface area contributed by atoms with Gasteiger partial charge in [-0.3, -0.25) is 4.40 Å². The summed E-state index contributed by atoms with van der Waals surface area (Å²) in [4.78, 5) is 4.80. The Morgan fingerprint density at radius 3 is 2.43 bits per heavy atom. The summed E-state index contributed by atoms with van der Waals surface area (Å²) in [6.45, 7) is 1.91. The molecule has 0 aliphatic carbocycles. The largest absolute Gasteiger partial charge is 0.494 e. The first-order valence-corrected chi connectivity index (χ1v) is 6.91. The Morgan fingerprint density at radius 1 is 0.905 bits per heavy atom. The minimum absolute atomic E-state index is 0.279. The van der Waals surface area contributed by atoms with Gasteiger partial charge in [0.1, 0.15) is 0 Å². The molecule has 3 heteroatoms. The van der Waals surface area contributed by atoms with Crippen LogP contribution in [0.3, 0.4) is 0 Å². The fraction of sp³-hybridized carbons (Fsp3) is 0.0556. The molecule has 0 aliphatic heterocycles. The van der Waals surface area contributed by atoms with Crippen molar-refractivity contribution >= 4 is 16.6 Å². The highest BCUT2D eigenvalue weighted by molar-refractivity contribution is 5.89. The van der Waals surface area contributed by atoms with E-state index in [0.29, 0.717) is 0 Å². The fourth-order valence-corrected chi connectivity index (χ4v) is 2.78. The molecule has 0 saturated carbocycles. The molecular weight excluding hydrogens is 260 g/mol. The summed E-state index contributed by atoms with van der Waals surface area (Å²) in [6, 6.07) is 19.9. The summed E-state index contributed by atoms with van der Waals surface area (Å²) in [5.41, 5.74) is 5.50. The number of rotatable bonds is 1. The average Bonchev–Trinajstić information content (AvgIpc) is 2.83. The zero-order valence-electron chi connectivity index (χ0n) is 11.6. The molecule has 0 saturated heterocycles. The summed E-state index contributed by atoms with van der Waals surface area (Å²) < 4.78 is 1.88. The summed E-state index contributed by atoms with van der Waals surface area (Å²) in [7, 11) is 0. The van der Waals surface area contributed by atoms with Gasteiger partial charge in [-0.05, 0) is 25.1 Å². The molecule has 0 radical (unpaired) electrons. The normalized spacial score (nSPS) is 11.3. The van der Waals surface area contributed by atoms with Gasteiger partial charge in [0, 0.05) is 11.1 Å². The van der Waals surface area contributed by atoms with Crippen molar-refractivity contribution in [3.8, 4) is 17.1 Å². The molecule has 2 aromatic heterocycles. The lowest BCUT2D eigenvalue weighted by atomic mass is 10.1. The quantitative estimate of drug-likeness (QED) is 0.565. The number of nitrogens with zero attached hydrogens (tertiary/aromatic N) is 2. The van der Waals surface area contributed by atoms with Crippen LogP contribution in [0.4, 0.5) is 0 Å². The molecule has 0 unspecified atom stereocenters. The Morgan fingerprint density at radius 2 is 1.62 bits per heavy atom. The van der Waals surface area contributed by atoms with Crippen molar-refractivity contribution in [3.63, 3.8) is 0 Å². The number of aromatic nitrogens is 2. The van der Waals surface area contributed by atoms with E-state index in [1.165, 1.54) is 0 Å². The van der Waals surface area contributed by atoms with E-state index < -0.39 is 0 Å². The number of fused-ring (bicyclic) bond motifs is 3. The maximum absolute atomic E-state index is 10.4. The van der Waals surface area contributed by atoms with Crippen molar-refractivity contribution in [2.45, 2.75) is 6.92 Å². The third kappa shape index (κ3) is 1.71. The molecule has 1 N–H and O–H groups in total. The molecule has 4 aromatic rings. The van der Waals surface area contributed by atoms with Gasteiger partial charge in [-0.25, -0.2) is 4.98 Å². The van der Waals surface area contributed by atoms with Crippen LogP contribution in [-0.4, -0.2) is 14.5 Å². The monoisotopic (exact) mass is 274 g/mol. The molecule has 0 amide bonds. The lowest BCUT2D eigenvalue weighted by Crippen LogP contribution is -1.94. The van der Waals surface area contributed by atoms with Crippen molar-refractivity contribution in [1.82, 2.24) is 9.38 Å². The molecule has 0 atom stereocenters. The molecule has 2 heterocycles. The van der Waals surface area contributed by atoms with E-state index in [0.717, 1.165) is 33.4 Å². The van der Waals surface area contributed by atoms with Crippen molar-refractivity contribution < 1.29 is 5.11 Å². The number of aryl methyl sites for hydroxylation is 1. The van der Waals surface area contributed by atoms with Crippen LogP contribution < -0.4 is 0 Å². The van der Waals surface area contributed by atoms with Crippen LogP contribution >= 0.6 is 0 Å². The van der Waals surface area contributed by atoms with E-state index in [1.54, 1.807) is 0 Å². The van der Waals surface area contributed by atoms with Crippen LogP contribution in [0.5, 0.6) is 5.88 Å². The summed E-state index contributed by atoms with van der Waals surface area (Å²) in [6.07, 6.45) is 0. The van der Waals surface area contributed by atoms with Crippen molar-refractivity contribution in [2.24, 2.45) is 0 Å². The van der Waals surface area contributed by atoms with E-state index >= 15 is 0 Å². The van der Waals surface area contributed by atoms with Crippen LogP contribution in [0.25, 0.3) is 27.8 Å². The SMILES string of the molecule is Cc1cc2c(-c3ccccc3)nc3ccccc3n2c1O. The van der Waals surface area contributed by atoms with Gasteiger partial charge in [-0.15, -0.1) is 0 Å². The van der Waals surface area contributed by atoms with Gasteiger partial charge < -0.3 is 5.11 Å². The van der Waals surface area contributed by atoms with E-state index in [2.05, 4.69) is 0 Å². The topological polar surface area (TPSA) is 37.5 Å². The van der Waals surface area contributed by atoms with Crippen molar-refractivity contribution in [2.75, 3.05) is 0 Å². The second-order valence-corrected chi connectivity index (χ2v) is 5.19. The standard InChI is InChI=1S/C18H14N2O/c1-12-11-16-17(13-7-3-2-4-8-13)19-14-9-5-6-10-15(14)20(16)18(12)21/h2-11,21H,1H3. The molecule has 0 aliphatic rings. The van der Waals surface area contributed by atoms with E-state index in [-0.39, 0.29) is 5.88 Å². The second-order valence-electron chi connectivity index (χ2n) is 5.19. The first-order valence-electron chi connectivity index (χ1n) is 6.91. The molecule has 21 heavy (non-hydrogen) atoms. The Balaban J connectivity index is 2.22. The Kier molecular flexibility index (Phi) is 2.48. The highest BCUT2D eigenvalue weighted by atomic mass is 16.3. The highest BCUT2D eigenvalue weighted by Crippen LogP contribution is 2.32. The van der Waals surface area contributed by atoms with Gasteiger partial charge in [-0.1, -0.05) is 42.5 Å². The van der Waals surface area contributed by atoms with Crippen LogP contribution in [0.15, 0.2) is 60.7 Å². The van der Waals surface area contributed by atoms with Gasteiger partial charge in [0.15, 0.2) is 5.88 Å². The Hall–Kier alpha value is -2.81. The van der Waals surface area contributed by atoms with Gasteiger partial charge in [0.05, 0.1) is 22.2 Å². The first kappa shape index (κ1) is 12.0. The van der Waals surface area contributed by atoms with Gasteiger partial charge in [-0.2, -0.15) is 0 Å². The predicted molar refractivity (Wildman–Crippen MR) is 84.5 cm³/mol. The molecule has 4 rings (SSSR count). The molecular formula is C18H14N2O. The predicted octanol–water partition coefficient (Wildman–Crippen LogP) is 4.17. The third-order valence-electron chi connectivity index (χ3n) is 3.80. The van der Waals surface area contributed by atoms with Crippen LogP contribution in [-0.2, 0) is 0 Å². The van der Waals surface area contributed by atoms with Crippen LogP contribution in [0.2, 0.25) is 0 Å². The van der Waals surface area contributed by atoms with Crippen LogP contribution in [0, 0.1) is 6.92 Å². The number of benzene rings is 2. The lowest BCUT2D eigenvalue weighted by Gasteiger charge is -2.09. The third-order valence-corrected chi connectivity index (χ3v) is 3.80. The number of hydrogen-bond donors (Lipinski definition) is 1. The summed E-state index contributed by atoms with van der Waals surface area (Å²) >= 11 is 0. The van der Waals surface area contributed by atoms with Gasteiger partial charge >= 0.3 is 0 Å². The Labute approximate surface area is 122 Å². The lowest BCUT2D eigenvalue weighted by molar-refractivity contribution is 0.447. The average molecular weight is 274 g/mol. The van der Waals surface area contributed by atoms with Crippen LogP contribution in [0.1, 0.15) is 5.56 Å². The number of para-hydroxylation sites is 2. The molecule has 3 nitrogen and oxygen atoms in total. The summed E-state index contributed by atoms with van der Waals surface area (Å²) in [5.74, 6) is 0.279. The smallest absolute Gasteiger partial charge is 0.199 e. The Bertz CT molecular complexity index is 955. The minimum Gasteiger partial charge on any atom is -0.494 e. The highest BCUT2D eigenvalue weighted by Gasteiger charge is 2.14. The minimum atomic E-state index is 0.279. The molecule has 102 valence electrons. The molecule has 0 spiro atoms. The zero-order chi connectivity index (χ0) is 14.4. The maximum Gasteiger partial charge on any atom is 0.199 e. The molecule has 2 aromatic carbocycles. The molecule has 0 fully saturated rings. The number of aromatic hydroxyl groups is 1. The van der Waals surface area contributed by atoms with Gasteiger partial charge in [0.2, 0.25) is 0 Å². The summed E-state index contributed by atoms with van der Waals surface area (Å²) in [5, 5.41) is 10.4. The van der Waals surface area contributed by atoms with Crippen molar-refractivity contribution in [3.05, 3.63) is 66.2 Å². The zero-order valence-corrected chi connectivity index (χ0v) is 11.6.